The summed E-state index contributed by atoms with van der Waals surface area (Å²) >= 11 is 0. The number of sulfonamides is 1. The summed E-state index contributed by atoms with van der Waals surface area (Å²) in [5.41, 5.74) is -1.20. The minimum absolute atomic E-state index is 0.0109. The maximum atomic E-state index is 13.5. The molecule has 0 heterocycles. The molecule has 1 N–H and O–H groups in total. The molecule has 1 rings (SSSR count). The quantitative estimate of drug-likeness (QED) is 0.468. The van der Waals surface area contributed by atoms with E-state index < -0.39 is 49.7 Å². The van der Waals surface area contributed by atoms with Crippen molar-refractivity contribution in [2.24, 2.45) is 0 Å². The molecule has 0 radical (unpaired) electrons. The minimum atomic E-state index is -4.57. The summed E-state index contributed by atoms with van der Waals surface area (Å²) in [5.74, 6) is -3.95. The van der Waals surface area contributed by atoms with Crippen LogP contribution in [0.5, 0.6) is 0 Å². The topological polar surface area (TPSA) is 116 Å². The van der Waals surface area contributed by atoms with Crippen LogP contribution < -0.4 is 4.72 Å². The van der Waals surface area contributed by atoms with Crippen molar-refractivity contribution in [3.05, 3.63) is 33.9 Å². The minimum Gasteiger partial charge on any atom is -0.465 e. The van der Waals surface area contributed by atoms with E-state index >= 15 is 0 Å². The SMILES string of the molecule is CCOC(=O)CNS(=O)(=O)c1cc([N+](=O)[O-])c(F)cc1F. The second-order valence-electron chi connectivity index (χ2n) is 3.62. The number of rotatable bonds is 6. The van der Waals surface area contributed by atoms with Crippen molar-refractivity contribution in [1.82, 2.24) is 4.72 Å². The molecule has 0 amide bonds. The third kappa shape index (κ3) is 4.16. The molecule has 21 heavy (non-hydrogen) atoms. The van der Waals surface area contributed by atoms with Crippen molar-refractivity contribution in [3.8, 4) is 0 Å². The lowest BCUT2D eigenvalue weighted by Crippen LogP contribution is -2.31. The summed E-state index contributed by atoms with van der Waals surface area (Å²) in [4.78, 5) is 19.2. The lowest BCUT2D eigenvalue weighted by molar-refractivity contribution is -0.387. The highest BCUT2D eigenvalue weighted by Crippen LogP contribution is 2.24. The molecule has 0 atom stereocenters. The van der Waals surface area contributed by atoms with Crippen molar-refractivity contribution < 1.29 is 31.7 Å². The second kappa shape index (κ2) is 6.54. The number of hydrogen-bond donors (Lipinski definition) is 1. The van der Waals surface area contributed by atoms with Crippen LogP contribution in [0.3, 0.4) is 0 Å². The zero-order chi connectivity index (χ0) is 16.2. The van der Waals surface area contributed by atoms with Gasteiger partial charge in [-0.3, -0.25) is 14.9 Å². The van der Waals surface area contributed by atoms with E-state index in [0.29, 0.717) is 0 Å². The molecule has 0 fully saturated rings. The van der Waals surface area contributed by atoms with Crippen molar-refractivity contribution in [2.75, 3.05) is 13.2 Å². The standard InChI is InChI=1S/C10H10F2N2O6S/c1-2-20-10(15)5-13-21(18,19)9-4-8(14(16)17)6(11)3-7(9)12/h3-4,13H,2,5H2,1H3. The third-order valence-electron chi connectivity index (χ3n) is 2.20. The zero-order valence-corrected chi connectivity index (χ0v) is 11.4. The van der Waals surface area contributed by atoms with E-state index in [0.717, 1.165) is 0 Å². The van der Waals surface area contributed by atoms with Gasteiger partial charge in [0.25, 0.3) is 0 Å². The van der Waals surface area contributed by atoms with Gasteiger partial charge in [-0.2, -0.15) is 9.11 Å². The molecule has 0 aromatic heterocycles. The highest BCUT2D eigenvalue weighted by atomic mass is 32.2. The van der Waals surface area contributed by atoms with E-state index in [1.165, 1.54) is 6.92 Å². The van der Waals surface area contributed by atoms with Gasteiger partial charge in [-0.05, 0) is 6.92 Å². The van der Waals surface area contributed by atoms with E-state index in [2.05, 4.69) is 4.74 Å². The van der Waals surface area contributed by atoms with Gasteiger partial charge < -0.3 is 4.74 Å². The smallest absolute Gasteiger partial charge is 0.321 e. The Morgan fingerprint density at radius 1 is 1.38 bits per heavy atom. The normalized spacial score (nSPS) is 11.2. The van der Waals surface area contributed by atoms with Crippen molar-refractivity contribution in [1.29, 1.82) is 0 Å². The van der Waals surface area contributed by atoms with Crippen LogP contribution in [0.15, 0.2) is 17.0 Å². The van der Waals surface area contributed by atoms with Crippen LogP contribution >= 0.6 is 0 Å². The number of ether oxygens (including phenoxy) is 1. The van der Waals surface area contributed by atoms with Crippen molar-refractivity contribution >= 4 is 21.7 Å². The Balaban J connectivity index is 3.11. The molecule has 0 aliphatic rings. The summed E-state index contributed by atoms with van der Waals surface area (Å²) in [6.45, 7) is 0.715. The first kappa shape index (κ1) is 16.9. The largest absolute Gasteiger partial charge is 0.465 e. The molecule has 0 spiro atoms. The second-order valence-corrected chi connectivity index (χ2v) is 5.36. The van der Waals surface area contributed by atoms with Crippen LogP contribution in [-0.4, -0.2) is 32.5 Å². The Morgan fingerprint density at radius 2 is 2.00 bits per heavy atom. The van der Waals surface area contributed by atoms with Gasteiger partial charge in [-0.25, -0.2) is 12.8 Å². The first-order valence-corrected chi connectivity index (χ1v) is 6.96. The number of nitrogens with one attached hydrogen (secondary N) is 1. The summed E-state index contributed by atoms with van der Waals surface area (Å²) in [6, 6.07) is 0.315. The number of carbonyl (C=O) groups excluding carboxylic acids is 1. The first-order chi connectivity index (χ1) is 9.69. The zero-order valence-electron chi connectivity index (χ0n) is 10.6. The average molecular weight is 324 g/mol. The summed E-state index contributed by atoms with van der Waals surface area (Å²) in [7, 11) is -4.57. The number of esters is 1. The van der Waals surface area contributed by atoms with Crippen LogP contribution in [0.1, 0.15) is 6.92 Å². The van der Waals surface area contributed by atoms with Gasteiger partial charge in [0.1, 0.15) is 17.3 Å². The Hall–Kier alpha value is -2.14. The van der Waals surface area contributed by atoms with E-state index in [9.17, 15) is 32.1 Å². The Morgan fingerprint density at radius 3 is 2.52 bits per heavy atom. The number of nitrogens with zero attached hydrogens (tertiary/aromatic N) is 1. The van der Waals surface area contributed by atoms with Gasteiger partial charge in [-0.1, -0.05) is 0 Å². The molecular formula is C10H10F2N2O6S. The van der Waals surface area contributed by atoms with Crippen LogP contribution in [0.25, 0.3) is 0 Å². The predicted octanol–water partition coefficient (Wildman–Crippen LogP) is 0.714. The molecule has 1 aromatic carbocycles. The van der Waals surface area contributed by atoms with E-state index in [1.807, 2.05) is 0 Å². The van der Waals surface area contributed by atoms with Crippen molar-refractivity contribution in [2.45, 2.75) is 11.8 Å². The van der Waals surface area contributed by atoms with Crippen LogP contribution in [-0.2, 0) is 19.6 Å². The fourth-order valence-electron chi connectivity index (χ4n) is 1.31. The highest BCUT2D eigenvalue weighted by Gasteiger charge is 2.26. The number of nitro groups is 1. The molecule has 0 bridgehead atoms. The molecular weight excluding hydrogens is 314 g/mol. The van der Waals surface area contributed by atoms with Gasteiger partial charge in [0, 0.05) is 12.1 Å². The molecule has 0 unspecified atom stereocenters. The van der Waals surface area contributed by atoms with Crippen LogP contribution in [0.4, 0.5) is 14.5 Å². The number of carbonyl (C=O) groups is 1. The lowest BCUT2D eigenvalue weighted by atomic mass is 10.3. The monoisotopic (exact) mass is 324 g/mol. The highest BCUT2D eigenvalue weighted by molar-refractivity contribution is 7.89. The van der Waals surface area contributed by atoms with Gasteiger partial charge in [0.05, 0.1) is 11.5 Å². The number of benzene rings is 1. The number of nitro benzene ring substituents is 1. The Bertz CT molecular complexity index is 676. The van der Waals surface area contributed by atoms with Gasteiger partial charge in [0.15, 0.2) is 0 Å². The molecule has 11 heteroatoms. The maximum absolute atomic E-state index is 13.5. The molecule has 0 aliphatic heterocycles. The van der Waals surface area contributed by atoms with E-state index in [4.69, 9.17) is 0 Å². The molecule has 1 aromatic rings. The number of hydrogen-bond acceptors (Lipinski definition) is 6. The summed E-state index contributed by atoms with van der Waals surface area (Å²) in [5, 5.41) is 10.5. The van der Waals surface area contributed by atoms with Gasteiger partial charge in [-0.15, -0.1) is 0 Å². The number of halogens is 2. The average Bonchev–Trinajstić information content (AvgIpc) is 2.36. The molecule has 116 valence electrons. The van der Waals surface area contributed by atoms with Gasteiger partial charge >= 0.3 is 11.7 Å². The summed E-state index contributed by atoms with van der Waals surface area (Å²) in [6.07, 6.45) is 0. The maximum Gasteiger partial charge on any atom is 0.321 e. The fraction of sp³-hybridized carbons (Fsp3) is 0.300. The Labute approximate surface area is 117 Å². The molecule has 0 aliphatic carbocycles. The fourth-order valence-corrected chi connectivity index (χ4v) is 2.35. The van der Waals surface area contributed by atoms with Crippen LogP contribution in [0, 0.1) is 21.7 Å². The van der Waals surface area contributed by atoms with Crippen molar-refractivity contribution in [3.63, 3.8) is 0 Å². The van der Waals surface area contributed by atoms with E-state index in [1.54, 1.807) is 4.72 Å². The van der Waals surface area contributed by atoms with E-state index in [-0.39, 0.29) is 18.7 Å². The van der Waals surface area contributed by atoms with Gasteiger partial charge in [0.2, 0.25) is 15.8 Å². The predicted molar refractivity (Wildman–Crippen MR) is 64.8 cm³/mol. The lowest BCUT2D eigenvalue weighted by Gasteiger charge is -2.07. The first-order valence-electron chi connectivity index (χ1n) is 5.47. The third-order valence-corrected chi connectivity index (χ3v) is 3.62. The molecule has 8 nitrogen and oxygen atoms in total. The summed E-state index contributed by atoms with van der Waals surface area (Å²) < 4.78 is 56.2. The molecule has 0 saturated carbocycles. The molecule has 0 saturated heterocycles. The van der Waals surface area contributed by atoms with Crippen LogP contribution in [0.2, 0.25) is 0 Å². The Kier molecular flexibility index (Phi) is 5.27.